The summed E-state index contributed by atoms with van der Waals surface area (Å²) in [7, 11) is 1.76. The molecule has 2 atom stereocenters. The van der Waals surface area contributed by atoms with Crippen LogP contribution in [0.3, 0.4) is 0 Å². The van der Waals surface area contributed by atoms with Gasteiger partial charge in [0.2, 0.25) is 0 Å². The van der Waals surface area contributed by atoms with Gasteiger partial charge in [0.25, 0.3) is 0 Å². The first-order chi connectivity index (χ1) is 8.24. The van der Waals surface area contributed by atoms with Gasteiger partial charge in [-0.1, -0.05) is 6.42 Å². The SMILES string of the molecule is CO[C@@H]1CCCC1Cc1cc(N)ncc1C#N. The normalized spacial score (nSPS) is 23.5. The van der Waals surface area contributed by atoms with E-state index >= 15 is 0 Å². The smallest absolute Gasteiger partial charge is 0.123 e. The van der Waals surface area contributed by atoms with Crippen LogP contribution in [-0.2, 0) is 11.2 Å². The van der Waals surface area contributed by atoms with Crippen LogP contribution >= 0.6 is 0 Å². The van der Waals surface area contributed by atoms with Crippen molar-refractivity contribution in [2.75, 3.05) is 12.8 Å². The van der Waals surface area contributed by atoms with E-state index in [4.69, 9.17) is 15.7 Å². The number of nitrogens with two attached hydrogens (primary N) is 1. The molecule has 1 saturated carbocycles. The number of ether oxygens (including phenoxy) is 1. The Hall–Kier alpha value is -1.60. The molecule has 1 aliphatic rings. The Bertz CT molecular complexity index is 439. The van der Waals surface area contributed by atoms with Gasteiger partial charge >= 0.3 is 0 Å². The summed E-state index contributed by atoms with van der Waals surface area (Å²) in [6, 6.07) is 3.98. The first kappa shape index (κ1) is 11.9. The molecular formula is C13H17N3O. The Balaban J connectivity index is 2.18. The van der Waals surface area contributed by atoms with E-state index in [0.29, 0.717) is 23.4 Å². The number of rotatable bonds is 3. The summed E-state index contributed by atoms with van der Waals surface area (Å²) in [6.45, 7) is 0. The maximum absolute atomic E-state index is 9.04. The lowest BCUT2D eigenvalue weighted by Crippen LogP contribution is -2.19. The van der Waals surface area contributed by atoms with Crippen LogP contribution in [0.4, 0.5) is 5.82 Å². The average molecular weight is 231 g/mol. The van der Waals surface area contributed by atoms with Gasteiger partial charge in [-0.25, -0.2) is 4.98 Å². The summed E-state index contributed by atoms with van der Waals surface area (Å²) in [6.07, 6.45) is 6.20. The van der Waals surface area contributed by atoms with Crippen LogP contribution in [0.1, 0.15) is 30.4 Å². The van der Waals surface area contributed by atoms with Gasteiger partial charge in [-0.2, -0.15) is 5.26 Å². The molecule has 1 unspecified atom stereocenters. The molecule has 2 N–H and O–H groups in total. The molecular weight excluding hydrogens is 214 g/mol. The third-order valence-corrected chi connectivity index (χ3v) is 3.51. The fraction of sp³-hybridized carbons (Fsp3) is 0.538. The van der Waals surface area contributed by atoms with Gasteiger partial charge in [-0.15, -0.1) is 0 Å². The zero-order valence-electron chi connectivity index (χ0n) is 10.0. The largest absolute Gasteiger partial charge is 0.384 e. The maximum Gasteiger partial charge on any atom is 0.123 e. The lowest BCUT2D eigenvalue weighted by molar-refractivity contribution is 0.0713. The molecule has 17 heavy (non-hydrogen) atoms. The van der Waals surface area contributed by atoms with Gasteiger partial charge in [-0.05, 0) is 36.8 Å². The van der Waals surface area contributed by atoms with E-state index in [0.717, 1.165) is 24.8 Å². The van der Waals surface area contributed by atoms with E-state index in [-0.39, 0.29) is 0 Å². The molecule has 0 aromatic carbocycles. The van der Waals surface area contributed by atoms with Crippen molar-refractivity contribution in [1.29, 1.82) is 5.26 Å². The number of nitriles is 1. The van der Waals surface area contributed by atoms with Crippen molar-refractivity contribution in [3.63, 3.8) is 0 Å². The molecule has 0 saturated heterocycles. The van der Waals surface area contributed by atoms with Crippen molar-refractivity contribution in [2.45, 2.75) is 31.8 Å². The molecule has 1 heterocycles. The minimum absolute atomic E-state index is 0.316. The third kappa shape index (κ3) is 2.56. The first-order valence-electron chi connectivity index (χ1n) is 5.92. The van der Waals surface area contributed by atoms with Crippen LogP contribution in [0.2, 0.25) is 0 Å². The monoisotopic (exact) mass is 231 g/mol. The van der Waals surface area contributed by atoms with Crippen molar-refractivity contribution < 1.29 is 4.74 Å². The second-order valence-corrected chi connectivity index (χ2v) is 4.55. The molecule has 1 aromatic rings. The second-order valence-electron chi connectivity index (χ2n) is 4.55. The van der Waals surface area contributed by atoms with Crippen molar-refractivity contribution in [1.82, 2.24) is 4.98 Å². The Kier molecular flexibility index (Phi) is 3.60. The topological polar surface area (TPSA) is 71.9 Å². The van der Waals surface area contributed by atoms with Crippen LogP contribution in [0.15, 0.2) is 12.3 Å². The summed E-state index contributed by atoms with van der Waals surface area (Å²) in [5, 5.41) is 9.04. The number of nitrogens with zero attached hydrogens (tertiary/aromatic N) is 2. The number of hydrogen-bond donors (Lipinski definition) is 1. The van der Waals surface area contributed by atoms with E-state index in [2.05, 4.69) is 11.1 Å². The highest BCUT2D eigenvalue weighted by Gasteiger charge is 2.27. The van der Waals surface area contributed by atoms with Crippen LogP contribution in [0, 0.1) is 17.2 Å². The standard InChI is InChI=1S/C13H17N3O/c1-17-12-4-2-3-9(12)5-10-6-13(15)16-8-11(10)7-14/h6,8-9,12H,2-5H2,1H3,(H2,15,16)/t9?,12-/m1/s1. The summed E-state index contributed by atoms with van der Waals surface area (Å²) in [4.78, 5) is 3.95. The molecule has 4 heteroatoms. The van der Waals surface area contributed by atoms with Crippen molar-refractivity contribution in [2.24, 2.45) is 5.92 Å². The maximum atomic E-state index is 9.04. The molecule has 2 rings (SSSR count). The molecule has 0 radical (unpaired) electrons. The van der Waals surface area contributed by atoms with E-state index in [1.54, 1.807) is 13.3 Å². The first-order valence-corrected chi connectivity index (χ1v) is 5.92. The number of anilines is 1. The summed E-state index contributed by atoms with van der Waals surface area (Å²) < 4.78 is 5.47. The quantitative estimate of drug-likeness (QED) is 0.862. The summed E-state index contributed by atoms with van der Waals surface area (Å²) in [5.74, 6) is 0.972. The van der Waals surface area contributed by atoms with Gasteiger partial charge in [0.1, 0.15) is 11.9 Å². The van der Waals surface area contributed by atoms with Crippen LogP contribution in [0.5, 0.6) is 0 Å². The van der Waals surface area contributed by atoms with Gasteiger partial charge in [0.15, 0.2) is 0 Å². The zero-order chi connectivity index (χ0) is 12.3. The average Bonchev–Trinajstić information content (AvgIpc) is 2.77. The zero-order valence-corrected chi connectivity index (χ0v) is 10.0. The Morgan fingerprint density at radius 1 is 1.59 bits per heavy atom. The Morgan fingerprint density at radius 3 is 3.12 bits per heavy atom. The lowest BCUT2D eigenvalue weighted by Gasteiger charge is -2.18. The van der Waals surface area contributed by atoms with Gasteiger partial charge in [0.05, 0.1) is 11.7 Å². The highest BCUT2D eigenvalue weighted by atomic mass is 16.5. The minimum Gasteiger partial charge on any atom is -0.384 e. The van der Waals surface area contributed by atoms with Gasteiger partial charge in [0, 0.05) is 13.3 Å². The molecule has 90 valence electrons. The fourth-order valence-electron chi connectivity index (χ4n) is 2.61. The van der Waals surface area contributed by atoms with E-state index in [1.807, 2.05) is 6.07 Å². The highest BCUT2D eigenvalue weighted by Crippen LogP contribution is 2.31. The highest BCUT2D eigenvalue weighted by molar-refractivity contribution is 5.43. The van der Waals surface area contributed by atoms with Crippen molar-refractivity contribution in [3.05, 3.63) is 23.4 Å². The molecule has 0 bridgehead atoms. The fourth-order valence-corrected chi connectivity index (χ4v) is 2.61. The van der Waals surface area contributed by atoms with Crippen LogP contribution in [0.25, 0.3) is 0 Å². The van der Waals surface area contributed by atoms with E-state index < -0.39 is 0 Å². The summed E-state index contributed by atoms with van der Waals surface area (Å²) >= 11 is 0. The Labute approximate surface area is 101 Å². The van der Waals surface area contributed by atoms with Gasteiger partial charge < -0.3 is 10.5 Å². The van der Waals surface area contributed by atoms with Crippen molar-refractivity contribution in [3.8, 4) is 6.07 Å². The molecule has 1 aromatic heterocycles. The molecule has 0 amide bonds. The number of methoxy groups -OCH3 is 1. The summed E-state index contributed by atoms with van der Waals surface area (Å²) in [5.41, 5.74) is 7.29. The lowest BCUT2D eigenvalue weighted by atomic mass is 9.94. The van der Waals surface area contributed by atoms with E-state index in [1.165, 1.54) is 6.42 Å². The van der Waals surface area contributed by atoms with Crippen LogP contribution in [-0.4, -0.2) is 18.2 Å². The predicted molar refractivity (Wildman–Crippen MR) is 65.2 cm³/mol. The number of hydrogen-bond acceptors (Lipinski definition) is 4. The molecule has 0 aliphatic heterocycles. The number of aromatic nitrogens is 1. The Morgan fingerprint density at radius 2 is 2.41 bits per heavy atom. The van der Waals surface area contributed by atoms with E-state index in [9.17, 15) is 0 Å². The van der Waals surface area contributed by atoms with Crippen molar-refractivity contribution >= 4 is 5.82 Å². The predicted octanol–water partition coefficient (Wildman–Crippen LogP) is 1.89. The second kappa shape index (κ2) is 5.15. The molecule has 1 fully saturated rings. The van der Waals surface area contributed by atoms with Crippen LogP contribution < -0.4 is 5.73 Å². The minimum atomic E-state index is 0.316. The number of pyridine rings is 1. The molecule has 4 nitrogen and oxygen atoms in total. The third-order valence-electron chi connectivity index (χ3n) is 3.51. The number of nitrogen functional groups attached to an aromatic ring is 1. The van der Waals surface area contributed by atoms with Gasteiger partial charge in [-0.3, -0.25) is 0 Å². The molecule has 1 aliphatic carbocycles. The molecule has 0 spiro atoms.